The van der Waals surface area contributed by atoms with E-state index in [1.54, 1.807) is 43.3 Å². The molecule has 2 aliphatic rings. The van der Waals surface area contributed by atoms with Gasteiger partial charge in [-0.15, -0.1) is 0 Å². The molecule has 1 unspecified atom stereocenters. The summed E-state index contributed by atoms with van der Waals surface area (Å²) in [6, 6.07) is 19.4. The molecule has 0 spiro atoms. The van der Waals surface area contributed by atoms with E-state index < -0.39 is 29.3 Å². The number of nitrogens with zero attached hydrogens (tertiary/aromatic N) is 1. The summed E-state index contributed by atoms with van der Waals surface area (Å²) in [6.07, 6.45) is 0. The number of amides is 3. The number of fused-ring (bicyclic) bond motifs is 2. The number of nitrogens with one attached hydrogen (secondary N) is 2. The van der Waals surface area contributed by atoms with E-state index in [0.29, 0.717) is 22.0 Å². The summed E-state index contributed by atoms with van der Waals surface area (Å²) in [7, 11) is 1.44. The summed E-state index contributed by atoms with van der Waals surface area (Å²) in [4.78, 5) is 38.2. The maximum absolute atomic E-state index is 13.1. The van der Waals surface area contributed by atoms with Gasteiger partial charge in [0.25, 0.3) is 11.8 Å². The lowest BCUT2D eigenvalue weighted by atomic mass is 9.99. The van der Waals surface area contributed by atoms with Crippen molar-refractivity contribution < 1.29 is 23.9 Å². The Labute approximate surface area is 229 Å². The highest BCUT2D eigenvalue weighted by atomic mass is 35.5. The normalized spacial score (nSPS) is 18.1. The second kappa shape index (κ2) is 10.0. The van der Waals surface area contributed by atoms with Gasteiger partial charge in [-0.05, 0) is 36.8 Å². The third-order valence-corrected chi connectivity index (χ3v) is 6.86. The molecule has 8 nitrogen and oxygen atoms in total. The van der Waals surface area contributed by atoms with Gasteiger partial charge in [-0.2, -0.15) is 0 Å². The molecule has 0 aliphatic carbocycles. The molecule has 2 heterocycles. The van der Waals surface area contributed by atoms with Gasteiger partial charge in [0.1, 0.15) is 18.8 Å². The van der Waals surface area contributed by atoms with Crippen LogP contribution < -0.4 is 15.4 Å². The Morgan fingerprint density at radius 3 is 2.26 bits per heavy atom. The lowest BCUT2D eigenvalue weighted by Gasteiger charge is -2.36. The summed E-state index contributed by atoms with van der Waals surface area (Å²) in [5, 5.41) is 6.26. The molecule has 5 rings (SSSR count). The molecule has 2 aliphatic heterocycles. The molecular weight excluding hydrogens is 529 g/mol. The van der Waals surface area contributed by atoms with Gasteiger partial charge >= 0.3 is 0 Å². The van der Waals surface area contributed by atoms with E-state index in [0.717, 1.165) is 10.5 Å². The molecule has 194 valence electrons. The zero-order valence-corrected chi connectivity index (χ0v) is 22.0. The predicted octanol–water partition coefficient (Wildman–Crippen LogP) is 5.03. The number of ether oxygens (including phenoxy) is 2. The van der Waals surface area contributed by atoms with Crippen molar-refractivity contribution in [3.63, 3.8) is 0 Å². The third kappa shape index (κ3) is 4.57. The van der Waals surface area contributed by atoms with Crippen LogP contribution in [-0.2, 0) is 16.1 Å². The minimum Gasteiger partial charge on any atom is -0.494 e. The molecule has 3 aromatic rings. The van der Waals surface area contributed by atoms with Crippen molar-refractivity contribution in [1.29, 1.82) is 0 Å². The molecule has 2 N–H and O–H groups in total. The number of imide groups is 1. The number of anilines is 1. The fourth-order valence-electron chi connectivity index (χ4n) is 4.49. The van der Waals surface area contributed by atoms with Crippen molar-refractivity contribution >= 4 is 52.4 Å². The van der Waals surface area contributed by atoms with Gasteiger partial charge in [0.2, 0.25) is 5.91 Å². The SMILES string of the molecule is COC1=C(NC(=O)CN2C(=O)c3ccccc3C2=O)C(C)(Cl)Nc2ccc(Cl)c(OCc3ccccc3)c21. The molecule has 0 fully saturated rings. The van der Waals surface area contributed by atoms with E-state index in [1.807, 2.05) is 30.3 Å². The first-order valence-corrected chi connectivity index (χ1v) is 12.5. The van der Waals surface area contributed by atoms with Gasteiger partial charge in [0, 0.05) is 0 Å². The fourth-order valence-corrected chi connectivity index (χ4v) is 4.94. The molecule has 1 atom stereocenters. The number of halogens is 2. The standard InChI is InChI=1S/C28H23Cl2N3O5/c1-28(30)25(31-21(34)14-33-26(35)17-10-6-7-11-18(17)27(33)36)24(37-2)22-20(32-28)13-12-19(29)23(22)38-15-16-8-4-3-5-9-16/h3-13,32H,14-15H2,1-2H3,(H,31,34). The van der Waals surface area contributed by atoms with Crippen molar-refractivity contribution in [1.82, 2.24) is 10.2 Å². The first kappa shape index (κ1) is 25.6. The average Bonchev–Trinajstić information content (AvgIpc) is 3.14. The number of rotatable bonds is 7. The van der Waals surface area contributed by atoms with E-state index in [1.165, 1.54) is 7.11 Å². The Bertz CT molecular complexity index is 1450. The van der Waals surface area contributed by atoms with Gasteiger partial charge in [-0.1, -0.05) is 65.7 Å². The van der Waals surface area contributed by atoms with Gasteiger partial charge < -0.3 is 20.1 Å². The average molecular weight is 552 g/mol. The third-order valence-electron chi connectivity index (χ3n) is 6.28. The largest absolute Gasteiger partial charge is 0.494 e. The monoisotopic (exact) mass is 551 g/mol. The first-order valence-electron chi connectivity index (χ1n) is 11.7. The van der Waals surface area contributed by atoms with Crippen LogP contribution in [0.2, 0.25) is 5.02 Å². The zero-order chi connectivity index (χ0) is 27.0. The number of benzene rings is 3. The van der Waals surface area contributed by atoms with Crippen LogP contribution in [0.1, 0.15) is 38.8 Å². The van der Waals surface area contributed by atoms with Gasteiger partial charge in [-0.25, -0.2) is 0 Å². The summed E-state index contributed by atoms with van der Waals surface area (Å²) >= 11 is 13.3. The summed E-state index contributed by atoms with van der Waals surface area (Å²) in [5.74, 6) is -1.12. The minimum atomic E-state index is -1.31. The van der Waals surface area contributed by atoms with Crippen molar-refractivity contribution in [2.45, 2.75) is 18.5 Å². The van der Waals surface area contributed by atoms with Crippen LogP contribution in [0.25, 0.3) is 5.76 Å². The lowest BCUT2D eigenvalue weighted by molar-refractivity contribution is -0.120. The second-order valence-electron chi connectivity index (χ2n) is 8.90. The Morgan fingerprint density at radius 2 is 1.63 bits per heavy atom. The van der Waals surface area contributed by atoms with Crippen LogP contribution in [-0.4, -0.2) is 41.3 Å². The Balaban J connectivity index is 1.46. The van der Waals surface area contributed by atoms with E-state index in [9.17, 15) is 14.4 Å². The molecule has 0 aromatic heterocycles. The number of carbonyl (C=O) groups is 3. The summed E-state index contributed by atoms with van der Waals surface area (Å²) < 4.78 is 11.8. The van der Waals surface area contributed by atoms with Crippen LogP contribution in [0.4, 0.5) is 5.69 Å². The van der Waals surface area contributed by atoms with Crippen LogP contribution in [0.3, 0.4) is 0 Å². The molecule has 38 heavy (non-hydrogen) atoms. The number of carbonyl (C=O) groups excluding carboxylic acids is 3. The van der Waals surface area contributed by atoms with Crippen LogP contribution in [0.15, 0.2) is 72.4 Å². The highest BCUT2D eigenvalue weighted by Crippen LogP contribution is 2.47. The van der Waals surface area contributed by atoms with Crippen LogP contribution in [0, 0.1) is 0 Å². The maximum Gasteiger partial charge on any atom is 0.262 e. The molecular formula is C28H23Cl2N3O5. The Hall–Kier alpha value is -4.01. The van der Waals surface area contributed by atoms with Crippen LogP contribution >= 0.6 is 23.2 Å². The van der Waals surface area contributed by atoms with Crippen LogP contribution in [0.5, 0.6) is 5.75 Å². The van der Waals surface area contributed by atoms with Gasteiger partial charge in [-0.3, -0.25) is 19.3 Å². The Kier molecular flexibility index (Phi) is 6.77. The number of alkyl halides is 1. The fraction of sp³-hybridized carbons (Fsp3) is 0.179. The molecule has 3 aromatic carbocycles. The van der Waals surface area contributed by atoms with Crippen molar-refractivity contribution in [2.24, 2.45) is 0 Å². The molecule has 0 saturated heterocycles. The molecule has 3 amide bonds. The van der Waals surface area contributed by atoms with Gasteiger partial charge in [0.15, 0.2) is 16.5 Å². The van der Waals surface area contributed by atoms with Crippen molar-refractivity contribution in [2.75, 3.05) is 19.0 Å². The summed E-state index contributed by atoms with van der Waals surface area (Å²) in [5.41, 5.74) is 2.70. The van der Waals surface area contributed by atoms with Gasteiger partial charge in [0.05, 0.1) is 34.5 Å². The minimum absolute atomic E-state index is 0.183. The molecule has 10 heteroatoms. The predicted molar refractivity (Wildman–Crippen MR) is 144 cm³/mol. The number of methoxy groups -OCH3 is 1. The van der Waals surface area contributed by atoms with E-state index in [2.05, 4.69) is 10.6 Å². The number of hydrogen-bond donors (Lipinski definition) is 2. The quantitative estimate of drug-likeness (QED) is 0.243. The van der Waals surface area contributed by atoms with E-state index in [4.69, 9.17) is 32.7 Å². The summed E-state index contributed by atoms with van der Waals surface area (Å²) in [6.45, 7) is 1.39. The maximum atomic E-state index is 13.1. The zero-order valence-electron chi connectivity index (χ0n) is 20.5. The highest BCUT2D eigenvalue weighted by molar-refractivity contribution is 6.33. The highest BCUT2D eigenvalue weighted by Gasteiger charge is 2.41. The number of hydrogen-bond acceptors (Lipinski definition) is 6. The molecule has 0 bridgehead atoms. The smallest absolute Gasteiger partial charge is 0.262 e. The van der Waals surface area contributed by atoms with Crippen molar-refractivity contribution in [3.8, 4) is 5.75 Å². The van der Waals surface area contributed by atoms with E-state index >= 15 is 0 Å². The molecule has 0 saturated carbocycles. The Morgan fingerprint density at radius 1 is 1.00 bits per heavy atom. The van der Waals surface area contributed by atoms with E-state index in [-0.39, 0.29) is 29.2 Å². The second-order valence-corrected chi connectivity index (χ2v) is 10.1. The lowest BCUT2D eigenvalue weighted by Crippen LogP contribution is -2.47. The van der Waals surface area contributed by atoms with Crippen molar-refractivity contribution in [3.05, 3.63) is 99.7 Å². The topological polar surface area (TPSA) is 97.0 Å². The molecule has 0 radical (unpaired) electrons. The first-order chi connectivity index (χ1) is 18.2.